The molecular formula is C13H16BrNO3. The molecule has 0 aromatic heterocycles. The second-order valence-corrected chi connectivity index (χ2v) is 4.99. The summed E-state index contributed by atoms with van der Waals surface area (Å²) in [5.41, 5.74) is 1.57. The van der Waals surface area contributed by atoms with E-state index < -0.39 is 11.9 Å². The van der Waals surface area contributed by atoms with Crippen LogP contribution in [0.5, 0.6) is 0 Å². The first-order valence-electron chi connectivity index (χ1n) is 5.72. The van der Waals surface area contributed by atoms with Crippen molar-refractivity contribution in [3.8, 4) is 0 Å². The summed E-state index contributed by atoms with van der Waals surface area (Å²) in [7, 11) is 0. The Morgan fingerprint density at radius 1 is 1.44 bits per heavy atom. The molecule has 0 spiro atoms. The van der Waals surface area contributed by atoms with Crippen LogP contribution in [0.15, 0.2) is 22.7 Å². The third kappa shape index (κ3) is 3.84. The summed E-state index contributed by atoms with van der Waals surface area (Å²) < 4.78 is 0.711. The molecule has 0 aliphatic rings. The molecule has 0 bridgehead atoms. The Labute approximate surface area is 115 Å². The van der Waals surface area contributed by atoms with Crippen LogP contribution in [0.2, 0.25) is 0 Å². The van der Waals surface area contributed by atoms with E-state index in [2.05, 4.69) is 21.2 Å². The van der Waals surface area contributed by atoms with Gasteiger partial charge in [-0.1, -0.05) is 13.0 Å². The van der Waals surface area contributed by atoms with E-state index in [4.69, 9.17) is 5.11 Å². The Hall–Kier alpha value is -1.36. The third-order valence-corrected chi connectivity index (χ3v) is 3.38. The summed E-state index contributed by atoms with van der Waals surface area (Å²) in [5.74, 6) is -1.69. The first-order valence-corrected chi connectivity index (χ1v) is 6.52. The molecule has 2 N–H and O–H groups in total. The summed E-state index contributed by atoms with van der Waals surface area (Å²) in [6.45, 7) is 3.86. The second-order valence-electron chi connectivity index (χ2n) is 4.14. The van der Waals surface area contributed by atoms with Gasteiger partial charge in [0.05, 0.1) is 11.5 Å². The number of amides is 1. The number of aryl methyl sites for hydroxylation is 1. The molecule has 0 fully saturated rings. The molecule has 1 rings (SSSR count). The van der Waals surface area contributed by atoms with Gasteiger partial charge in [0.25, 0.3) is 5.91 Å². The highest BCUT2D eigenvalue weighted by Crippen LogP contribution is 2.18. The number of benzene rings is 1. The number of hydrogen-bond acceptors (Lipinski definition) is 2. The minimum Gasteiger partial charge on any atom is -0.481 e. The molecule has 0 heterocycles. The van der Waals surface area contributed by atoms with Gasteiger partial charge < -0.3 is 10.4 Å². The van der Waals surface area contributed by atoms with Crippen molar-refractivity contribution >= 4 is 27.8 Å². The van der Waals surface area contributed by atoms with Gasteiger partial charge in [-0.15, -0.1) is 0 Å². The van der Waals surface area contributed by atoms with Crippen LogP contribution in [0.25, 0.3) is 0 Å². The van der Waals surface area contributed by atoms with Gasteiger partial charge >= 0.3 is 5.97 Å². The van der Waals surface area contributed by atoms with Crippen molar-refractivity contribution in [2.24, 2.45) is 5.92 Å². The van der Waals surface area contributed by atoms with E-state index in [-0.39, 0.29) is 12.5 Å². The predicted octanol–water partition coefficient (Wildman–Crippen LogP) is 2.60. The van der Waals surface area contributed by atoms with Crippen LogP contribution in [0.3, 0.4) is 0 Å². The summed E-state index contributed by atoms with van der Waals surface area (Å²) in [4.78, 5) is 22.7. The van der Waals surface area contributed by atoms with Gasteiger partial charge in [-0.05, 0) is 47.0 Å². The van der Waals surface area contributed by atoms with Gasteiger partial charge in [-0.2, -0.15) is 0 Å². The van der Waals surface area contributed by atoms with E-state index in [1.54, 1.807) is 13.0 Å². The number of halogens is 1. The Morgan fingerprint density at radius 3 is 2.61 bits per heavy atom. The van der Waals surface area contributed by atoms with E-state index >= 15 is 0 Å². The standard InChI is InChI=1S/C13H16BrNO3/c1-3-9(13(17)18)7-15-12(16)10-5-4-8(2)6-11(10)14/h4-6,9H,3,7H2,1-2H3,(H,15,16)(H,17,18). The number of hydrogen-bond donors (Lipinski definition) is 2. The largest absolute Gasteiger partial charge is 0.481 e. The lowest BCUT2D eigenvalue weighted by molar-refractivity contribution is -0.141. The number of nitrogens with one attached hydrogen (secondary N) is 1. The lowest BCUT2D eigenvalue weighted by Gasteiger charge is -2.12. The van der Waals surface area contributed by atoms with Crippen molar-refractivity contribution in [3.63, 3.8) is 0 Å². The fourth-order valence-electron chi connectivity index (χ4n) is 1.52. The number of carboxylic acid groups (broad SMARTS) is 1. The molecule has 1 unspecified atom stereocenters. The fourth-order valence-corrected chi connectivity index (χ4v) is 2.19. The molecule has 5 heteroatoms. The Balaban J connectivity index is 2.68. The molecule has 0 radical (unpaired) electrons. The normalized spacial score (nSPS) is 11.9. The molecule has 98 valence electrons. The number of carbonyl (C=O) groups excluding carboxylic acids is 1. The average molecular weight is 314 g/mol. The molecule has 0 saturated heterocycles. The maximum absolute atomic E-state index is 11.9. The highest BCUT2D eigenvalue weighted by molar-refractivity contribution is 9.10. The van der Waals surface area contributed by atoms with E-state index in [0.717, 1.165) is 5.56 Å². The average Bonchev–Trinajstić information content (AvgIpc) is 2.28. The van der Waals surface area contributed by atoms with Gasteiger partial charge in [0.1, 0.15) is 0 Å². The Morgan fingerprint density at radius 2 is 2.11 bits per heavy atom. The third-order valence-electron chi connectivity index (χ3n) is 2.72. The maximum atomic E-state index is 11.9. The molecule has 0 saturated carbocycles. The molecule has 1 aromatic rings. The molecule has 4 nitrogen and oxygen atoms in total. The van der Waals surface area contributed by atoms with Crippen molar-refractivity contribution in [3.05, 3.63) is 33.8 Å². The predicted molar refractivity (Wildman–Crippen MR) is 72.6 cm³/mol. The number of carbonyl (C=O) groups is 2. The zero-order valence-corrected chi connectivity index (χ0v) is 12.0. The SMILES string of the molecule is CCC(CNC(=O)c1ccc(C)cc1Br)C(=O)O. The summed E-state index contributed by atoms with van der Waals surface area (Å²) in [6.07, 6.45) is 0.491. The maximum Gasteiger partial charge on any atom is 0.308 e. The second kappa shape index (κ2) is 6.54. The highest BCUT2D eigenvalue weighted by atomic mass is 79.9. The smallest absolute Gasteiger partial charge is 0.308 e. The van der Waals surface area contributed by atoms with Crippen LogP contribution >= 0.6 is 15.9 Å². The number of aliphatic carboxylic acids is 1. The van der Waals surface area contributed by atoms with Gasteiger partial charge in [-0.25, -0.2) is 0 Å². The Bertz CT molecular complexity index is 460. The van der Waals surface area contributed by atoms with Crippen molar-refractivity contribution in [2.45, 2.75) is 20.3 Å². The van der Waals surface area contributed by atoms with Gasteiger partial charge in [0.15, 0.2) is 0 Å². The van der Waals surface area contributed by atoms with Gasteiger partial charge in [0, 0.05) is 11.0 Å². The topological polar surface area (TPSA) is 66.4 Å². The lowest BCUT2D eigenvalue weighted by atomic mass is 10.1. The van der Waals surface area contributed by atoms with E-state index in [0.29, 0.717) is 16.5 Å². The minimum atomic E-state index is -0.888. The van der Waals surface area contributed by atoms with Gasteiger partial charge in [-0.3, -0.25) is 9.59 Å². The number of carboxylic acids is 1. The minimum absolute atomic E-state index is 0.144. The van der Waals surface area contributed by atoms with Crippen LogP contribution < -0.4 is 5.32 Å². The number of rotatable bonds is 5. The fraction of sp³-hybridized carbons (Fsp3) is 0.385. The zero-order chi connectivity index (χ0) is 13.7. The molecule has 1 aromatic carbocycles. The van der Waals surface area contributed by atoms with E-state index in [1.807, 2.05) is 19.1 Å². The first-order chi connectivity index (χ1) is 8.45. The monoisotopic (exact) mass is 313 g/mol. The summed E-state index contributed by atoms with van der Waals surface area (Å²) in [5, 5.41) is 11.5. The summed E-state index contributed by atoms with van der Waals surface area (Å²) >= 11 is 3.32. The molecule has 1 amide bonds. The van der Waals surface area contributed by atoms with Crippen molar-refractivity contribution in [2.75, 3.05) is 6.54 Å². The first kappa shape index (κ1) is 14.7. The van der Waals surface area contributed by atoms with E-state index in [1.165, 1.54) is 0 Å². The summed E-state index contributed by atoms with van der Waals surface area (Å²) in [6, 6.07) is 5.41. The molecule has 1 atom stereocenters. The van der Waals surface area contributed by atoms with Crippen LogP contribution in [0.1, 0.15) is 29.3 Å². The highest BCUT2D eigenvalue weighted by Gasteiger charge is 2.17. The van der Waals surface area contributed by atoms with Crippen LogP contribution in [-0.2, 0) is 4.79 Å². The van der Waals surface area contributed by atoms with Crippen molar-refractivity contribution in [1.29, 1.82) is 0 Å². The quantitative estimate of drug-likeness (QED) is 0.878. The molecule has 18 heavy (non-hydrogen) atoms. The van der Waals surface area contributed by atoms with Crippen LogP contribution in [-0.4, -0.2) is 23.5 Å². The molecule has 0 aliphatic carbocycles. The van der Waals surface area contributed by atoms with Crippen LogP contribution in [0.4, 0.5) is 0 Å². The Kier molecular flexibility index (Phi) is 5.34. The van der Waals surface area contributed by atoms with Crippen LogP contribution in [0, 0.1) is 12.8 Å². The molecule has 0 aliphatic heterocycles. The van der Waals surface area contributed by atoms with Crippen molar-refractivity contribution < 1.29 is 14.7 Å². The van der Waals surface area contributed by atoms with Gasteiger partial charge in [0.2, 0.25) is 0 Å². The van der Waals surface area contributed by atoms with Crippen molar-refractivity contribution in [1.82, 2.24) is 5.32 Å². The lowest BCUT2D eigenvalue weighted by Crippen LogP contribution is -2.32. The van der Waals surface area contributed by atoms with E-state index in [9.17, 15) is 9.59 Å². The molecular weight excluding hydrogens is 298 g/mol. The zero-order valence-electron chi connectivity index (χ0n) is 10.4.